The van der Waals surface area contributed by atoms with Crippen LogP contribution in [0.2, 0.25) is 0 Å². The monoisotopic (exact) mass is 481 g/mol. The summed E-state index contributed by atoms with van der Waals surface area (Å²) in [4.78, 5) is 6.99. The van der Waals surface area contributed by atoms with Crippen LogP contribution in [-0.2, 0) is 0 Å². The number of likely N-dealkylation sites (tertiary alicyclic amines) is 1. The van der Waals surface area contributed by atoms with Gasteiger partial charge in [0.25, 0.3) is 0 Å². The molecule has 5 rings (SSSR count). The molecule has 35 heavy (non-hydrogen) atoms. The Morgan fingerprint density at radius 2 is 1.80 bits per heavy atom. The van der Waals surface area contributed by atoms with E-state index in [1.165, 1.54) is 25.0 Å². The Bertz CT molecular complexity index is 1210. The molecule has 0 unspecified atom stereocenters. The second-order valence-electron chi connectivity index (χ2n) is 9.93. The van der Waals surface area contributed by atoms with Crippen LogP contribution < -0.4 is 24.7 Å². The molecule has 0 aliphatic carbocycles. The van der Waals surface area contributed by atoms with E-state index in [-0.39, 0.29) is 5.75 Å². The van der Waals surface area contributed by atoms with Crippen LogP contribution in [-0.4, -0.2) is 49.3 Å². The zero-order chi connectivity index (χ0) is 24.4. The fraction of sp³-hybridized carbons (Fsp3) is 0.444. The molecular formula is C27H32FN3O4. The number of fused-ring (bicyclic) bond motifs is 3. The first-order valence-electron chi connectivity index (χ1n) is 12.2. The molecule has 1 aromatic heterocycles. The average Bonchev–Trinajstić information content (AvgIpc) is 2.84. The summed E-state index contributed by atoms with van der Waals surface area (Å²) in [5.74, 6) is 1.56. The number of anilines is 1. The smallest absolute Gasteiger partial charge is 0.204 e. The number of hydrogen-bond donors (Lipinski definition) is 1. The lowest BCUT2D eigenvalue weighted by molar-refractivity contribution is 0.124. The van der Waals surface area contributed by atoms with Crippen molar-refractivity contribution in [3.05, 3.63) is 42.3 Å². The van der Waals surface area contributed by atoms with Crippen LogP contribution in [0.4, 0.5) is 10.1 Å². The Morgan fingerprint density at radius 3 is 2.57 bits per heavy atom. The Labute approximate surface area is 204 Å². The number of benzene rings is 2. The molecule has 7 nitrogen and oxygen atoms in total. The highest BCUT2D eigenvalue weighted by molar-refractivity contribution is 5.95. The van der Waals surface area contributed by atoms with Gasteiger partial charge in [0.2, 0.25) is 5.75 Å². The van der Waals surface area contributed by atoms with Crippen LogP contribution in [0.5, 0.6) is 28.7 Å². The maximum atomic E-state index is 14.4. The van der Waals surface area contributed by atoms with Crippen molar-refractivity contribution in [1.29, 1.82) is 0 Å². The number of nitrogens with zero attached hydrogens (tertiary/aromatic N) is 2. The number of hydrogen-bond acceptors (Lipinski definition) is 7. The van der Waals surface area contributed by atoms with Crippen LogP contribution in [0.1, 0.15) is 33.1 Å². The van der Waals surface area contributed by atoms with Gasteiger partial charge in [0, 0.05) is 30.6 Å². The van der Waals surface area contributed by atoms with Gasteiger partial charge in [0.1, 0.15) is 19.0 Å². The van der Waals surface area contributed by atoms with E-state index in [0.29, 0.717) is 64.8 Å². The molecule has 1 saturated heterocycles. The Hall–Kier alpha value is -3.26. The van der Waals surface area contributed by atoms with Crippen molar-refractivity contribution >= 4 is 16.6 Å². The highest BCUT2D eigenvalue weighted by atomic mass is 19.1. The number of rotatable bonds is 7. The van der Waals surface area contributed by atoms with Crippen molar-refractivity contribution < 1.29 is 23.3 Å². The first kappa shape index (κ1) is 23.5. The van der Waals surface area contributed by atoms with Crippen molar-refractivity contribution in [3.63, 3.8) is 0 Å². The van der Waals surface area contributed by atoms with Crippen LogP contribution in [0.15, 0.2) is 36.5 Å². The molecule has 186 valence electrons. The molecule has 0 atom stereocenters. The van der Waals surface area contributed by atoms with Gasteiger partial charge in [-0.15, -0.1) is 0 Å². The van der Waals surface area contributed by atoms with E-state index >= 15 is 0 Å². The van der Waals surface area contributed by atoms with Gasteiger partial charge in [0.15, 0.2) is 23.1 Å². The third-order valence-corrected chi connectivity index (χ3v) is 6.70. The quantitative estimate of drug-likeness (QED) is 0.357. The minimum absolute atomic E-state index is 0.0682. The van der Waals surface area contributed by atoms with Gasteiger partial charge in [-0.25, -0.2) is 4.39 Å². The highest BCUT2D eigenvalue weighted by Crippen LogP contribution is 2.48. The molecule has 0 bridgehead atoms. The lowest BCUT2D eigenvalue weighted by Gasteiger charge is -2.36. The van der Waals surface area contributed by atoms with E-state index in [2.05, 4.69) is 23.7 Å². The number of pyridine rings is 1. The van der Waals surface area contributed by atoms with Crippen molar-refractivity contribution in [1.82, 2.24) is 9.88 Å². The van der Waals surface area contributed by atoms with Crippen molar-refractivity contribution in [3.8, 4) is 28.7 Å². The van der Waals surface area contributed by atoms with Crippen molar-refractivity contribution in [2.45, 2.75) is 33.1 Å². The Kier molecular flexibility index (Phi) is 6.56. The molecule has 0 amide bonds. The number of nitrogen functional groups attached to an aromatic ring is 1. The lowest BCUT2D eigenvalue weighted by Crippen LogP contribution is -2.38. The van der Waals surface area contributed by atoms with Crippen LogP contribution >= 0.6 is 0 Å². The largest absolute Gasteiger partial charge is 0.489 e. The maximum absolute atomic E-state index is 14.4. The molecule has 2 N–H and O–H groups in total. The molecular weight excluding hydrogens is 449 g/mol. The molecule has 0 spiro atoms. The summed E-state index contributed by atoms with van der Waals surface area (Å²) in [6.45, 7) is 9.33. The normalized spacial score (nSPS) is 17.3. The summed E-state index contributed by atoms with van der Waals surface area (Å²) in [5.41, 5.74) is 7.06. The molecule has 2 aliphatic rings. The van der Waals surface area contributed by atoms with Crippen LogP contribution in [0.25, 0.3) is 10.9 Å². The number of piperidine rings is 1. The number of halogens is 1. The lowest BCUT2D eigenvalue weighted by atomic mass is 9.83. The summed E-state index contributed by atoms with van der Waals surface area (Å²) in [7, 11) is 0. The predicted molar refractivity (Wildman–Crippen MR) is 133 cm³/mol. The van der Waals surface area contributed by atoms with Gasteiger partial charge in [-0.05, 0) is 56.0 Å². The van der Waals surface area contributed by atoms with E-state index in [1.54, 1.807) is 18.3 Å². The third kappa shape index (κ3) is 5.22. The topological polar surface area (TPSA) is 79.1 Å². The summed E-state index contributed by atoms with van der Waals surface area (Å²) in [6.07, 6.45) is 4.99. The number of nitrogens with two attached hydrogens (primary N) is 1. The molecule has 3 aromatic rings. The second kappa shape index (κ2) is 9.77. The summed E-state index contributed by atoms with van der Waals surface area (Å²) < 4.78 is 38.4. The van der Waals surface area contributed by atoms with Gasteiger partial charge in [-0.3, -0.25) is 4.98 Å². The summed E-state index contributed by atoms with van der Waals surface area (Å²) in [6, 6.07) is 7.83. The fourth-order valence-electron chi connectivity index (χ4n) is 4.54. The number of aromatic nitrogens is 1. The van der Waals surface area contributed by atoms with Crippen molar-refractivity contribution in [2.75, 3.05) is 45.2 Å². The number of ether oxygens (including phenoxy) is 4. The van der Waals surface area contributed by atoms with Crippen LogP contribution in [0.3, 0.4) is 0 Å². The predicted octanol–water partition coefficient (Wildman–Crippen LogP) is 5.41. The van der Waals surface area contributed by atoms with E-state index in [4.69, 9.17) is 24.7 Å². The second-order valence-corrected chi connectivity index (χ2v) is 9.93. The van der Waals surface area contributed by atoms with Gasteiger partial charge in [-0.2, -0.15) is 0 Å². The van der Waals surface area contributed by atoms with Gasteiger partial charge in [0.05, 0.1) is 17.5 Å². The minimum atomic E-state index is -0.543. The standard InChI is InChI=1S/C27H32FN3O4/c1-27(2)7-11-31(12-8-27)10-3-13-32-23-17-20-24(26-25(23)33-14-15-34-26)22(6-9-30-20)35-21-5-4-18(29)16-19(21)28/h4-6,9,16-17H,3,7-8,10-15,29H2,1-2H3. The first-order chi connectivity index (χ1) is 16.9. The summed E-state index contributed by atoms with van der Waals surface area (Å²) in [5, 5.41) is 0.613. The van der Waals surface area contributed by atoms with Gasteiger partial charge < -0.3 is 29.6 Å². The molecule has 0 saturated carbocycles. The summed E-state index contributed by atoms with van der Waals surface area (Å²) >= 11 is 0. The van der Waals surface area contributed by atoms with Crippen LogP contribution in [0, 0.1) is 11.2 Å². The zero-order valence-electron chi connectivity index (χ0n) is 20.3. The molecule has 1 fully saturated rings. The van der Waals surface area contributed by atoms with Crippen molar-refractivity contribution in [2.24, 2.45) is 5.41 Å². The third-order valence-electron chi connectivity index (χ3n) is 6.70. The SMILES string of the molecule is CC1(C)CCN(CCCOc2cc3nccc(Oc4ccc(N)cc4F)c3c3c2OCCO3)CC1. The van der Waals surface area contributed by atoms with E-state index < -0.39 is 5.82 Å². The average molecular weight is 482 g/mol. The van der Waals surface area contributed by atoms with Gasteiger partial charge in [-0.1, -0.05) is 13.8 Å². The Morgan fingerprint density at radius 1 is 1.03 bits per heavy atom. The molecule has 8 heteroatoms. The minimum Gasteiger partial charge on any atom is -0.489 e. The zero-order valence-corrected chi connectivity index (χ0v) is 20.3. The molecule has 2 aromatic carbocycles. The molecule has 2 aliphatic heterocycles. The van der Waals surface area contributed by atoms with E-state index in [0.717, 1.165) is 26.1 Å². The molecule has 3 heterocycles. The Balaban J connectivity index is 1.34. The first-order valence-corrected chi connectivity index (χ1v) is 12.2. The van der Waals surface area contributed by atoms with E-state index in [9.17, 15) is 4.39 Å². The maximum Gasteiger partial charge on any atom is 0.204 e. The molecule has 0 radical (unpaired) electrons. The highest BCUT2D eigenvalue weighted by Gasteiger charge is 2.26. The fourth-order valence-corrected chi connectivity index (χ4v) is 4.54. The van der Waals surface area contributed by atoms with Gasteiger partial charge >= 0.3 is 0 Å². The van der Waals surface area contributed by atoms with E-state index in [1.807, 2.05) is 6.07 Å².